The van der Waals surface area contributed by atoms with Gasteiger partial charge in [0.15, 0.2) is 0 Å². The molecule has 0 radical (unpaired) electrons. The van der Waals surface area contributed by atoms with Crippen molar-refractivity contribution in [3.8, 4) is 0 Å². The van der Waals surface area contributed by atoms with E-state index in [-0.39, 0.29) is 12.2 Å². The highest BCUT2D eigenvalue weighted by atomic mass is 19.4. The highest BCUT2D eigenvalue weighted by Gasteiger charge is 2.35. The second-order valence-electron chi connectivity index (χ2n) is 4.51. The van der Waals surface area contributed by atoms with Crippen molar-refractivity contribution in [1.29, 1.82) is 0 Å². The van der Waals surface area contributed by atoms with Crippen molar-refractivity contribution in [3.05, 3.63) is 0 Å². The van der Waals surface area contributed by atoms with E-state index in [1.54, 1.807) is 0 Å². The smallest absolute Gasteiger partial charge is 0.372 e. The van der Waals surface area contributed by atoms with Gasteiger partial charge in [0.2, 0.25) is 0 Å². The zero-order valence-corrected chi connectivity index (χ0v) is 9.09. The van der Waals surface area contributed by atoms with Crippen molar-refractivity contribution in [2.45, 2.75) is 31.2 Å². The first-order valence-electron chi connectivity index (χ1n) is 5.68. The molecule has 2 heterocycles. The van der Waals surface area contributed by atoms with Crippen LogP contribution in [0.5, 0.6) is 0 Å². The monoisotopic (exact) mass is 238 g/mol. The zero-order valence-electron chi connectivity index (χ0n) is 9.09. The van der Waals surface area contributed by atoms with Gasteiger partial charge in [0, 0.05) is 19.6 Å². The molecule has 0 spiro atoms. The molecule has 0 aromatic rings. The molecule has 2 saturated heterocycles. The van der Waals surface area contributed by atoms with Gasteiger partial charge >= 0.3 is 6.18 Å². The Morgan fingerprint density at radius 2 is 2.06 bits per heavy atom. The van der Waals surface area contributed by atoms with Gasteiger partial charge in [-0.15, -0.1) is 0 Å². The Kier molecular flexibility index (Phi) is 3.71. The fraction of sp³-hybridized carbons (Fsp3) is 1.00. The van der Waals surface area contributed by atoms with Gasteiger partial charge in [0.05, 0.1) is 18.8 Å². The minimum atomic E-state index is -4.09. The Balaban J connectivity index is 1.70. The van der Waals surface area contributed by atoms with Crippen molar-refractivity contribution < 1.29 is 17.9 Å². The molecule has 2 fully saturated rings. The summed E-state index contributed by atoms with van der Waals surface area (Å²) in [7, 11) is 0. The standard InChI is InChI=1S/C10H17F3N2O/c11-10(12,13)7-15-4-2-9(6-15)16-8-1-3-14-5-8/h8-9,14H,1-7H2. The summed E-state index contributed by atoms with van der Waals surface area (Å²) in [5.74, 6) is 0. The molecule has 2 aliphatic rings. The Labute approximate surface area is 92.9 Å². The molecule has 2 rings (SSSR count). The van der Waals surface area contributed by atoms with E-state index >= 15 is 0 Å². The van der Waals surface area contributed by atoms with Crippen LogP contribution in [-0.4, -0.2) is 56.0 Å². The van der Waals surface area contributed by atoms with Gasteiger partial charge < -0.3 is 10.1 Å². The van der Waals surface area contributed by atoms with Crippen LogP contribution in [0.2, 0.25) is 0 Å². The first kappa shape index (κ1) is 12.1. The SMILES string of the molecule is FC(F)(F)CN1CCC(OC2CCNC2)C1. The third-order valence-electron chi connectivity index (χ3n) is 3.03. The predicted molar refractivity (Wildman–Crippen MR) is 53.3 cm³/mol. The zero-order chi connectivity index (χ0) is 11.6. The number of hydrogen-bond acceptors (Lipinski definition) is 3. The van der Waals surface area contributed by atoms with Crippen LogP contribution in [0.25, 0.3) is 0 Å². The van der Waals surface area contributed by atoms with Gasteiger partial charge in [0.1, 0.15) is 0 Å². The minimum absolute atomic E-state index is 0.0211. The van der Waals surface area contributed by atoms with E-state index in [0.717, 1.165) is 19.5 Å². The molecule has 0 saturated carbocycles. The fourth-order valence-corrected chi connectivity index (χ4v) is 2.32. The summed E-state index contributed by atoms with van der Waals surface area (Å²) >= 11 is 0. The van der Waals surface area contributed by atoms with Crippen LogP contribution in [0.3, 0.4) is 0 Å². The maximum Gasteiger partial charge on any atom is 0.401 e. The number of nitrogens with zero attached hydrogens (tertiary/aromatic N) is 1. The van der Waals surface area contributed by atoms with E-state index in [1.807, 2.05) is 0 Å². The Morgan fingerprint density at radius 1 is 1.25 bits per heavy atom. The second kappa shape index (κ2) is 4.89. The van der Waals surface area contributed by atoms with E-state index in [2.05, 4.69) is 5.32 Å². The maximum atomic E-state index is 12.1. The van der Waals surface area contributed by atoms with Gasteiger partial charge in [-0.25, -0.2) is 0 Å². The number of hydrogen-bond donors (Lipinski definition) is 1. The van der Waals surface area contributed by atoms with Crippen molar-refractivity contribution in [2.75, 3.05) is 32.7 Å². The van der Waals surface area contributed by atoms with E-state index in [0.29, 0.717) is 19.5 Å². The van der Waals surface area contributed by atoms with Crippen LogP contribution < -0.4 is 5.32 Å². The van der Waals surface area contributed by atoms with Crippen LogP contribution in [0.15, 0.2) is 0 Å². The van der Waals surface area contributed by atoms with Gasteiger partial charge in [-0.3, -0.25) is 4.90 Å². The van der Waals surface area contributed by atoms with E-state index in [9.17, 15) is 13.2 Å². The molecule has 0 aromatic heterocycles. The van der Waals surface area contributed by atoms with Crippen molar-refractivity contribution in [3.63, 3.8) is 0 Å². The molecule has 2 aliphatic heterocycles. The summed E-state index contributed by atoms with van der Waals surface area (Å²) in [6.45, 7) is 1.87. The van der Waals surface area contributed by atoms with Gasteiger partial charge in [-0.1, -0.05) is 0 Å². The summed E-state index contributed by atoms with van der Waals surface area (Å²) in [4.78, 5) is 1.42. The lowest BCUT2D eigenvalue weighted by molar-refractivity contribution is -0.144. The molecular formula is C10H17F3N2O. The molecule has 6 heteroatoms. The van der Waals surface area contributed by atoms with Gasteiger partial charge in [0.25, 0.3) is 0 Å². The molecule has 0 bridgehead atoms. The number of likely N-dealkylation sites (tertiary alicyclic amines) is 1. The number of rotatable bonds is 3. The van der Waals surface area contributed by atoms with Gasteiger partial charge in [-0.2, -0.15) is 13.2 Å². The minimum Gasteiger partial charge on any atom is -0.372 e. The highest BCUT2D eigenvalue weighted by Crippen LogP contribution is 2.22. The lowest BCUT2D eigenvalue weighted by Crippen LogP contribution is -2.34. The molecule has 3 nitrogen and oxygen atoms in total. The molecule has 2 unspecified atom stereocenters. The summed E-state index contributed by atoms with van der Waals surface area (Å²) in [5, 5.41) is 3.18. The highest BCUT2D eigenvalue weighted by molar-refractivity contribution is 4.81. The van der Waals surface area contributed by atoms with Crippen LogP contribution in [-0.2, 0) is 4.74 Å². The molecule has 16 heavy (non-hydrogen) atoms. The largest absolute Gasteiger partial charge is 0.401 e. The quantitative estimate of drug-likeness (QED) is 0.794. The number of ether oxygens (including phenoxy) is 1. The predicted octanol–water partition coefficient (Wildman–Crippen LogP) is 1.00. The molecule has 1 N–H and O–H groups in total. The molecule has 94 valence electrons. The summed E-state index contributed by atoms with van der Waals surface area (Å²) in [6, 6.07) is 0. The van der Waals surface area contributed by atoms with E-state index < -0.39 is 12.7 Å². The van der Waals surface area contributed by atoms with Crippen molar-refractivity contribution in [2.24, 2.45) is 0 Å². The van der Waals surface area contributed by atoms with Crippen LogP contribution in [0.4, 0.5) is 13.2 Å². The molecule has 0 amide bonds. The third-order valence-corrected chi connectivity index (χ3v) is 3.03. The van der Waals surface area contributed by atoms with Gasteiger partial charge in [-0.05, 0) is 19.4 Å². The Bertz CT molecular complexity index is 229. The van der Waals surface area contributed by atoms with Crippen LogP contribution >= 0.6 is 0 Å². The van der Waals surface area contributed by atoms with Crippen molar-refractivity contribution >= 4 is 0 Å². The average Bonchev–Trinajstić information content (AvgIpc) is 2.75. The summed E-state index contributed by atoms with van der Waals surface area (Å²) < 4.78 is 42.2. The van der Waals surface area contributed by atoms with E-state index in [4.69, 9.17) is 4.74 Å². The second-order valence-corrected chi connectivity index (χ2v) is 4.51. The number of nitrogens with one attached hydrogen (secondary N) is 1. The first-order valence-corrected chi connectivity index (χ1v) is 5.68. The number of halogens is 3. The summed E-state index contributed by atoms with van der Waals surface area (Å²) in [6.07, 6.45) is -2.24. The topological polar surface area (TPSA) is 24.5 Å². The molecular weight excluding hydrogens is 221 g/mol. The number of alkyl halides is 3. The lowest BCUT2D eigenvalue weighted by atomic mass is 10.3. The Morgan fingerprint density at radius 3 is 2.69 bits per heavy atom. The fourth-order valence-electron chi connectivity index (χ4n) is 2.32. The van der Waals surface area contributed by atoms with Crippen LogP contribution in [0.1, 0.15) is 12.8 Å². The maximum absolute atomic E-state index is 12.1. The summed E-state index contributed by atoms with van der Waals surface area (Å²) in [5.41, 5.74) is 0. The lowest BCUT2D eigenvalue weighted by Gasteiger charge is -2.19. The molecule has 0 aliphatic carbocycles. The first-order chi connectivity index (χ1) is 7.53. The Hall–Kier alpha value is -0.330. The van der Waals surface area contributed by atoms with E-state index in [1.165, 1.54) is 4.90 Å². The average molecular weight is 238 g/mol. The van der Waals surface area contributed by atoms with Crippen molar-refractivity contribution in [1.82, 2.24) is 10.2 Å². The molecule has 2 atom stereocenters. The van der Waals surface area contributed by atoms with Crippen LogP contribution in [0, 0.1) is 0 Å². The third kappa shape index (κ3) is 3.61. The molecule has 0 aromatic carbocycles. The normalized spacial score (nSPS) is 32.4.